The van der Waals surface area contributed by atoms with Gasteiger partial charge in [-0.1, -0.05) is 0 Å². The number of primary amides is 1. The van der Waals surface area contributed by atoms with Gasteiger partial charge in [0.15, 0.2) is 0 Å². The van der Waals surface area contributed by atoms with E-state index in [1.807, 2.05) is 13.8 Å². The summed E-state index contributed by atoms with van der Waals surface area (Å²) < 4.78 is 0. The summed E-state index contributed by atoms with van der Waals surface area (Å²) in [6.45, 7) is 6.74. The molecule has 2 heterocycles. The minimum Gasteiger partial charge on any atom is -0.369 e. The van der Waals surface area contributed by atoms with Crippen molar-refractivity contribution in [1.29, 1.82) is 0 Å². The zero-order valence-corrected chi connectivity index (χ0v) is 13.3. The van der Waals surface area contributed by atoms with Crippen LogP contribution < -0.4 is 11.1 Å². The molecule has 7 heteroatoms. The fourth-order valence-corrected chi connectivity index (χ4v) is 3.46. The highest BCUT2D eigenvalue weighted by atomic mass is 32.1. The third kappa shape index (κ3) is 4.25. The molecule has 0 aromatic carbocycles. The van der Waals surface area contributed by atoms with Crippen molar-refractivity contribution in [3.63, 3.8) is 0 Å². The van der Waals surface area contributed by atoms with Gasteiger partial charge in [0.1, 0.15) is 5.69 Å². The summed E-state index contributed by atoms with van der Waals surface area (Å²) in [7, 11) is 0. The molecule has 2 amide bonds. The summed E-state index contributed by atoms with van der Waals surface area (Å²) >= 11 is 1.53. The molecule has 0 spiro atoms. The Bertz CT molecular complexity index is 529. The number of nitrogens with two attached hydrogens (primary N) is 1. The molecule has 1 aromatic rings. The summed E-state index contributed by atoms with van der Waals surface area (Å²) in [5, 5.41) is 3.79. The largest absolute Gasteiger partial charge is 0.369 e. The fourth-order valence-electron chi connectivity index (χ4n) is 2.64. The molecule has 21 heavy (non-hydrogen) atoms. The van der Waals surface area contributed by atoms with Gasteiger partial charge in [0, 0.05) is 24.5 Å². The summed E-state index contributed by atoms with van der Waals surface area (Å²) in [4.78, 5) is 30.6. The number of aryl methyl sites for hydroxylation is 2. The van der Waals surface area contributed by atoms with Gasteiger partial charge in [-0.3, -0.25) is 9.59 Å². The maximum absolute atomic E-state index is 12.0. The molecule has 0 aliphatic carbocycles. The van der Waals surface area contributed by atoms with Crippen molar-refractivity contribution in [2.75, 3.05) is 26.2 Å². The molecular formula is C14H22N4O2S. The number of hydrogen-bond donors (Lipinski definition) is 2. The van der Waals surface area contributed by atoms with Crippen molar-refractivity contribution < 1.29 is 9.59 Å². The molecule has 0 radical (unpaired) electrons. The molecule has 0 unspecified atom stereocenters. The number of hydrogen-bond acceptors (Lipinski definition) is 5. The summed E-state index contributed by atoms with van der Waals surface area (Å²) in [5.74, 6) is -0.407. The standard InChI is InChI=1S/C14H22N4O2S/c1-9-12(17-10(2)21-9)14(20)16-5-7-18-6-3-4-11(8-18)13(15)19/h11H,3-8H2,1-2H3,(H2,15,19)(H,16,20)/t11-/m0/s1. The quantitative estimate of drug-likeness (QED) is 0.837. The van der Waals surface area contributed by atoms with Gasteiger partial charge < -0.3 is 16.0 Å². The fraction of sp³-hybridized carbons (Fsp3) is 0.643. The molecule has 116 valence electrons. The Kier molecular flexibility index (Phi) is 5.30. The van der Waals surface area contributed by atoms with E-state index >= 15 is 0 Å². The highest BCUT2D eigenvalue weighted by Crippen LogP contribution is 2.17. The van der Waals surface area contributed by atoms with Crippen LogP contribution >= 0.6 is 11.3 Å². The number of likely N-dealkylation sites (tertiary alicyclic amines) is 1. The van der Waals surface area contributed by atoms with E-state index in [0.717, 1.165) is 35.8 Å². The van der Waals surface area contributed by atoms with Crippen molar-refractivity contribution >= 4 is 23.2 Å². The third-order valence-electron chi connectivity index (χ3n) is 3.74. The first-order valence-electron chi connectivity index (χ1n) is 7.21. The van der Waals surface area contributed by atoms with E-state index in [4.69, 9.17) is 5.73 Å². The lowest BCUT2D eigenvalue weighted by Gasteiger charge is -2.30. The first kappa shape index (κ1) is 15.9. The van der Waals surface area contributed by atoms with Crippen LogP contribution in [0.4, 0.5) is 0 Å². The molecule has 1 atom stereocenters. The number of thiazole rings is 1. The van der Waals surface area contributed by atoms with Crippen LogP contribution in [0.1, 0.15) is 33.2 Å². The van der Waals surface area contributed by atoms with Crippen LogP contribution in [0.15, 0.2) is 0 Å². The minimum atomic E-state index is -0.225. The van der Waals surface area contributed by atoms with Gasteiger partial charge in [0.2, 0.25) is 5.91 Å². The van der Waals surface area contributed by atoms with Gasteiger partial charge >= 0.3 is 0 Å². The first-order valence-corrected chi connectivity index (χ1v) is 8.03. The van der Waals surface area contributed by atoms with Crippen molar-refractivity contribution in [3.8, 4) is 0 Å². The zero-order chi connectivity index (χ0) is 15.4. The van der Waals surface area contributed by atoms with Crippen LogP contribution in [-0.4, -0.2) is 47.9 Å². The lowest BCUT2D eigenvalue weighted by atomic mass is 9.97. The molecule has 3 N–H and O–H groups in total. The minimum absolute atomic E-state index is 0.0575. The Hall–Kier alpha value is -1.47. The number of aromatic nitrogens is 1. The Morgan fingerprint density at radius 1 is 1.48 bits per heavy atom. The van der Waals surface area contributed by atoms with Gasteiger partial charge in [-0.25, -0.2) is 4.98 Å². The number of rotatable bonds is 5. The summed E-state index contributed by atoms with van der Waals surface area (Å²) in [5.41, 5.74) is 5.88. The van der Waals surface area contributed by atoms with E-state index in [1.54, 1.807) is 0 Å². The van der Waals surface area contributed by atoms with Gasteiger partial charge in [-0.15, -0.1) is 11.3 Å². The van der Waals surface area contributed by atoms with Crippen molar-refractivity contribution in [1.82, 2.24) is 15.2 Å². The molecule has 1 saturated heterocycles. The molecule has 2 rings (SSSR count). The van der Waals surface area contributed by atoms with Crippen LogP contribution in [0.2, 0.25) is 0 Å². The molecule has 1 fully saturated rings. The van der Waals surface area contributed by atoms with Gasteiger partial charge in [-0.2, -0.15) is 0 Å². The van der Waals surface area contributed by atoms with E-state index in [-0.39, 0.29) is 17.7 Å². The number of amides is 2. The predicted octanol–water partition coefficient (Wildman–Crippen LogP) is 0.687. The van der Waals surface area contributed by atoms with Crippen molar-refractivity contribution in [2.24, 2.45) is 11.7 Å². The normalized spacial score (nSPS) is 19.4. The summed E-state index contributed by atoms with van der Waals surface area (Å²) in [6, 6.07) is 0. The molecule has 0 saturated carbocycles. The topological polar surface area (TPSA) is 88.3 Å². The highest BCUT2D eigenvalue weighted by Gasteiger charge is 2.23. The highest BCUT2D eigenvalue weighted by molar-refractivity contribution is 7.11. The average molecular weight is 310 g/mol. The molecule has 1 aliphatic rings. The van der Waals surface area contributed by atoms with E-state index in [1.165, 1.54) is 11.3 Å². The SMILES string of the molecule is Cc1nc(C(=O)NCCN2CCC[C@H](C(N)=O)C2)c(C)s1. The monoisotopic (exact) mass is 310 g/mol. The number of carbonyl (C=O) groups excluding carboxylic acids is 2. The van der Waals surface area contributed by atoms with Gasteiger partial charge in [0.05, 0.1) is 10.9 Å². The van der Waals surface area contributed by atoms with Gasteiger partial charge in [0.25, 0.3) is 5.91 Å². The van der Waals surface area contributed by atoms with E-state index in [9.17, 15) is 9.59 Å². The van der Waals surface area contributed by atoms with Crippen LogP contribution in [0.3, 0.4) is 0 Å². The maximum Gasteiger partial charge on any atom is 0.271 e. The van der Waals surface area contributed by atoms with Crippen molar-refractivity contribution in [3.05, 3.63) is 15.6 Å². The Morgan fingerprint density at radius 2 is 2.24 bits per heavy atom. The van der Waals surface area contributed by atoms with Crippen LogP contribution in [0.5, 0.6) is 0 Å². The molecular weight excluding hydrogens is 288 g/mol. The smallest absolute Gasteiger partial charge is 0.271 e. The van der Waals surface area contributed by atoms with Crippen molar-refractivity contribution in [2.45, 2.75) is 26.7 Å². The summed E-state index contributed by atoms with van der Waals surface area (Å²) in [6.07, 6.45) is 1.85. The second kappa shape index (κ2) is 7.00. The lowest BCUT2D eigenvalue weighted by Crippen LogP contribution is -2.44. The number of nitrogens with zero attached hydrogens (tertiary/aromatic N) is 2. The predicted molar refractivity (Wildman–Crippen MR) is 82.3 cm³/mol. The van der Waals surface area contributed by atoms with Crippen LogP contribution in [0.25, 0.3) is 0 Å². The molecule has 6 nitrogen and oxygen atoms in total. The Balaban J connectivity index is 1.77. The van der Waals surface area contributed by atoms with E-state index < -0.39 is 0 Å². The lowest BCUT2D eigenvalue weighted by molar-refractivity contribution is -0.123. The third-order valence-corrected chi connectivity index (χ3v) is 4.63. The number of nitrogens with one attached hydrogen (secondary N) is 1. The van der Waals surface area contributed by atoms with E-state index in [2.05, 4.69) is 15.2 Å². The number of piperidine rings is 1. The first-order chi connectivity index (χ1) is 9.97. The second-order valence-corrected chi connectivity index (χ2v) is 6.84. The average Bonchev–Trinajstić information content (AvgIpc) is 2.78. The Morgan fingerprint density at radius 3 is 2.86 bits per heavy atom. The zero-order valence-electron chi connectivity index (χ0n) is 12.5. The number of carbonyl (C=O) groups is 2. The Labute approximate surface area is 128 Å². The molecule has 0 bridgehead atoms. The van der Waals surface area contributed by atoms with E-state index in [0.29, 0.717) is 18.8 Å². The molecule has 1 aliphatic heterocycles. The second-order valence-electron chi connectivity index (χ2n) is 5.44. The maximum atomic E-state index is 12.0. The molecule has 1 aromatic heterocycles. The van der Waals surface area contributed by atoms with Crippen LogP contribution in [-0.2, 0) is 4.79 Å². The van der Waals surface area contributed by atoms with Crippen LogP contribution in [0, 0.1) is 19.8 Å². The van der Waals surface area contributed by atoms with Gasteiger partial charge in [-0.05, 0) is 33.2 Å².